The van der Waals surface area contributed by atoms with Crippen molar-refractivity contribution >= 4 is 27.3 Å². The largest absolute Gasteiger partial charge is 0.271 e. The standard InChI is InChI=1S/C12H12BrFN2S/c13-11-7-17-6-10(11)12(16-15)5-8-2-1-3-9(14)4-8/h1-4,6-7,12,16H,5,15H2. The number of hydrazine groups is 1. The topological polar surface area (TPSA) is 38.0 Å². The Balaban J connectivity index is 2.19. The minimum Gasteiger partial charge on any atom is -0.271 e. The number of nitrogens with two attached hydrogens (primary N) is 1. The Labute approximate surface area is 112 Å². The summed E-state index contributed by atoms with van der Waals surface area (Å²) in [5.74, 6) is 5.34. The molecule has 2 aromatic rings. The number of hydrogen-bond acceptors (Lipinski definition) is 3. The van der Waals surface area contributed by atoms with E-state index in [1.807, 2.05) is 16.8 Å². The molecular weight excluding hydrogens is 303 g/mol. The van der Waals surface area contributed by atoms with Gasteiger partial charge in [-0.15, -0.1) is 0 Å². The summed E-state index contributed by atoms with van der Waals surface area (Å²) in [5.41, 5.74) is 4.79. The van der Waals surface area contributed by atoms with Gasteiger partial charge in [-0.05, 0) is 51.0 Å². The van der Waals surface area contributed by atoms with Crippen LogP contribution in [0, 0.1) is 5.82 Å². The number of nitrogens with one attached hydrogen (secondary N) is 1. The number of rotatable bonds is 4. The molecule has 2 nitrogen and oxygen atoms in total. The van der Waals surface area contributed by atoms with E-state index in [0.29, 0.717) is 6.42 Å². The third-order valence-corrected chi connectivity index (χ3v) is 4.30. The molecule has 0 amide bonds. The molecule has 3 N–H and O–H groups in total. The molecule has 1 heterocycles. The molecule has 0 fully saturated rings. The zero-order valence-electron chi connectivity index (χ0n) is 8.99. The van der Waals surface area contributed by atoms with Gasteiger partial charge in [0.15, 0.2) is 0 Å². The van der Waals surface area contributed by atoms with E-state index in [1.54, 1.807) is 17.4 Å². The molecule has 90 valence electrons. The van der Waals surface area contributed by atoms with Crippen molar-refractivity contribution in [3.63, 3.8) is 0 Å². The molecule has 0 radical (unpaired) electrons. The van der Waals surface area contributed by atoms with Crippen LogP contribution in [0.5, 0.6) is 0 Å². The van der Waals surface area contributed by atoms with Gasteiger partial charge in [0.25, 0.3) is 0 Å². The number of hydrogen-bond donors (Lipinski definition) is 2. The van der Waals surface area contributed by atoms with Crippen LogP contribution in [-0.2, 0) is 6.42 Å². The summed E-state index contributed by atoms with van der Waals surface area (Å²) in [6.45, 7) is 0. The number of halogens is 2. The molecule has 0 spiro atoms. The maximum atomic E-state index is 13.1. The Morgan fingerprint density at radius 2 is 2.24 bits per heavy atom. The van der Waals surface area contributed by atoms with Crippen molar-refractivity contribution in [3.8, 4) is 0 Å². The molecule has 0 aliphatic heterocycles. The highest BCUT2D eigenvalue weighted by Crippen LogP contribution is 2.29. The van der Waals surface area contributed by atoms with Gasteiger partial charge in [-0.2, -0.15) is 11.3 Å². The van der Waals surface area contributed by atoms with Gasteiger partial charge in [-0.1, -0.05) is 12.1 Å². The molecular formula is C12H12BrFN2S. The van der Waals surface area contributed by atoms with Crippen molar-refractivity contribution in [2.45, 2.75) is 12.5 Å². The fraction of sp³-hybridized carbons (Fsp3) is 0.167. The summed E-state index contributed by atoms with van der Waals surface area (Å²) >= 11 is 5.08. The predicted molar refractivity (Wildman–Crippen MR) is 72.2 cm³/mol. The maximum Gasteiger partial charge on any atom is 0.123 e. The summed E-state index contributed by atoms with van der Waals surface area (Å²) in [5, 5.41) is 4.04. The Kier molecular flexibility index (Phi) is 4.28. The minimum absolute atomic E-state index is 0.0163. The van der Waals surface area contributed by atoms with E-state index < -0.39 is 0 Å². The second-order valence-corrected chi connectivity index (χ2v) is 5.33. The molecule has 0 saturated heterocycles. The van der Waals surface area contributed by atoms with Crippen molar-refractivity contribution in [2.24, 2.45) is 5.84 Å². The molecule has 0 aliphatic rings. The molecule has 5 heteroatoms. The van der Waals surface area contributed by atoms with Crippen molar-refractivity contribution in [1.82, 2.24) is 5.43 Å². The van der Waals surface area contributed by atoms with E-state index in [4.69, 9.17) is 5.84 Å². The lowest BCUT2D eigenvalue weighted by molar-refractivity contribution is 0.548. The van der Waals surface area contributed by atoms with E-state index in [1.165, 1.54) is 12.1 Å². The molecule has 2 rings (SSSR count). The van der Waals surface area contributed by atoms with Crippen molar-refractivity contribution in [1.29, 1.82) is 0 Å². The monoisotopic (exact) mass is 314 g/mol. The first-order valence-electron chi connectivity index (χ1n) is 5.13. The van der Waals surface area contributed by atoms with Gasteiger partial charge in [-0.3, -0.25) is 11.3 Å². The van der Waals surface area contributed by atoms with E-state index in [9.17, 15) is 4.39 Å². The first-order chi connectivity index (χ1) is 8.20. The second-order valence-electron chi connectivity index (χ2n) is 3.73. The van der Waals surface area contributed by atoms with Gasteiger partial charge in [0.1, 0.15) is 5.82 Å². The first-order valence-corrected chi connectivity index (χ1v) is 6.86. The van der Waals surface area contributed by atoms with Gasteiger partial charge >= 0.3 is 0 Å². The van der Waals surface area contributed by atoms with Crippen LogP contribution in [0.2, 0.25) is 0 Å². The molecule has 0 bridgehead atoms. The summed E-state index contributed by atoms with van der Waals surface area (Å²) < 4.78 is 14.1. The lowest BCUT2D eigenvalue weighted by atomic mass is 10.0. The van der Waals surface area contributed by atoms with Crippen LogP contribution < -0.4 is 11.3 Å². The Morgan fingerprint density at radius 1 is 1.41 bits per heavy atom. The van der Waals surface area contributed by atoms with Crippen LogP contribution in [-0.4, -0.2) is 0 Å². The molecule has 1 atom stereocenters. The maximum absolute atomic E-state index is 13.1. The van der Waals surface area contributed by atoms with Crippen LogP contribution in [0.4, 0.5) is 4.39 Å². The van der Waals surface area contributed by atoms with Crippen molar-refractivity contribution < 1.29 is 4.39 Å². The van der Waals surface area contributed by atoms with E-state index >= 15 is 0 Å². The summed E-state index contributed by atoms with van der Waals surface area (Å²) in [6, 6.07) is 6.56. The fourth-order valence-corrected chi connectivity index (χ4v) is 3.33. The molecule has 0 aliphatic carbocycles. The molecule has 0 saturated carbocycles. The Bertz CT molecular complexity index is 501. The van der Waals surface area contributed by atoms with Crippen LogP contribution in [0.15, 0.2) is 39.5 Å². The molecule has 1 unspecified atom stereocenters. The van der Waals surface area contributed by atoms with Gasteiger partial charge in [0, 0.05) is 9.85 Å². The number of benzene rings is 1. The minimum atomic E-state index is -0.220. The smallest absolute Gasteiger partial charge is 0.123 e. The Morgan fingerprint density at radius 3 is 2.82 bits per heavy atom. The van der Waals surface area contributed by atoms with Gasteiger partial charge in [0.2, 0.25) is 0 Å². The van der Waals surface area contributed by atoms with Gasteiger partial charge < -0.3 is 0 Å². The lowest BCUT2D eigenvalue weighted by Crippen LogP contribution is -2.29. The molecule has 1 aromatic carbocycles. The number of thiophene rings is 1. The lowest BCUT2D eigenvalue weighted by Gasteiger charge is -2.15. The van der Waals surface area contributed by atoms with Crippen LogP contribution in [0.3, 0.4) is 0 Å². The zero-order valence-corrected chi connectivity index (χ0v) is 11.4. The normalized spacial score (nSPS) is 12.6. The average Bonchev–Trinajstić information content (AvgIpc) is 2.72. The Hall–Kier alpha value is -0.750. The van der Waals surface area contributed by atoms with Crippen LogP contribution in [0.25, 0.3) is 0 Å². The molecule has 1 aromatic heterocycles. The van der Waals surface area contributed by atoms with E-state index in [0.717, 1.165) is 15.6 Å². The first kappa shape index (κ1) is 12.7. The van der Waals surface area contributed by atoms with E-state index in [2.05, 4.69) is 21.4 Å². The SMILES string of the molecule is NNC(Cc1cccc(F)c1)c1cscc1Br. The van der Waals surface area contributed by atoms with Crippen molar-refractivity contribution in [3.05, 3.63) is 56.4 Å². The van der Waals surface area contributed by atoms with Crippen molar-refractivity contribution in [2.75, 3.05) is 0 Å². The molecule has 17 heavy (non-hydrogen) atoms. The highest BCUT2D eigenvalue weighted by molar-refractivity contribution is 9.10. The average molecular weight is 315 g/mol. The zero-order chi connectivity index (χ0) is 12.3. The van der Waals surface area contributed by atoms with Gasteiger partial charge in [-0.25, -0.2) is 4.39 Å². The summed E-state index contributed by atoms with van der Waals surface area (Å²) in [6.07, 6.45) is 0.656. The van der Waals surface area contributed by atoms with Crippen LogP contribution >= 0.6 is 27.3 Å². The highest BCUT2D eigenvalue weighted by Gasteiger charge is 2.14. The highest BCUT2D eigenvalue weighted by atomic mass is 79.9. The summed E-state index contributed by atoms with van der Waals surface area (Å²) in [7, 11) is 0. The third kappa shape index (κ3) is 3.13. The summed E-state index contributed by atoms with van der Waals surface area (Å²) in [4.78, 5) is 0. The fourth-order valence-electron chi connectivity index (χ4n) is 1.70. The second kappa shape index (κ2) is 5.73. The quantitative estimate of drug-likeness (QED) is 0.670. The van der Waals surface area contributed by atoms with E-state index in [-0.39, 0.29) is 11.9 Å². The van der Waals surface area contributed by atoms with Gasteiger partial charge in [0.05, 0.1) is 6.04 Å². The van der Waals surface area contributed by atoms with Crippen LogP contribution in [0.1, 0.15) is 17.2 Å². The third-order valence-electron chi connectivity index (χ3n) is 2.55. The predicted octanol–water partition coefficient (Wildman–Crippen LogP) is 3.40.